The Hall–Kier alpha value is -1.79. The molecule has 0 aliphatic carbocycles. The maximum absolute atomic E-state index is 10.7. The van der Waals surface area contributed by atoms with Crippen LogP contribution in [-0.2, 0) is 4.79 Å². The summed E-state index contributed by atoms with van der Waals surface area (Å²) in [6.07, 6.45) is 0.103. The van der Waals surface area contributed by atoms with E-state index in [1.165, 1.54) is 18.5 Å². The van der Waals surface area contributed by atoms with Gasteiger partial charge in [-0.05, 0) is 6.07 Å². The summed E-state index contributed by atoms with van der Waals surface area (Å²) in [5.74, 6) is -0.733. The van der Waals surface area contributed by atoms with E-state index in [2.05, 4.69) is 4.98 Å². The molecule has 1 amide bonds. The van der Waals surface area contributed by atoms with Gasteiger partial charge in [-0.3, -0.25) is 14.6 Å². The molecule has 2 atom stereocenters. The van der Waals surface area contributed by atoms with Crippen LogP contribution in [0.2, 0.25) is 0 Å². The topological polar surface area (TPSA) is 114 Å². The summed E-state index contributed by atoms with van der Waals surface area (Å²) in [4.78, 5) is 25.0. The second-order valence-electron chi connectivity index (χ2n) is 3.31. The summed E-state index contributed by atoms with van der Waals surface area (Å²) in [7, 11) is 0. The van der Waals surface area contributed by atoms with Crippen LogP contribution < -0.4 is 5.73 Å². The molecule has 6 nitrogen and oxygen atoms in total. The maximum Gasteiger partial charge on any atom is 0.220 e. The lowest BCUT2D eigenvalue weighted by Crippen LogP contribution is -2.26. The quantitative estimate of drug-likeness (QED) is 0.564. The molecule has 16 heavy (non-hydrogen) atoms. The van der Waals surface area contributed by atoms with Crippen LogP contribution in [0.3, 0.4) is 0 Å². The van der Waals surface area contributed by atoms with Crippen LogP contribution in [0.15, 0.2) is 18.5 Å². The molecule has 0 spiro atoms. The van der Waals surface area contributed by atoms with Crippen molar-refractivity contribution in [2.75, 3.05) is 0 Å². The standard InChI is InChI=1S/C10H12N2O4/c11-9(15)3-8(14)10(16)7-4-12-2-1-6(7)5-13/h1-2,4-5,8,10,14,16H,3H2,(H2,11,15). The Labute approximate surface area is 91.7 Å². The molecule has 1 aromatic rings. The van der Waals surface area contributed by atoms with Crippen LogP contribution >= 0.6 is 0 Å². The smallest absolute Gasteiger partial charge is 0.220 e. The van der Waals surface area contributed by atoms with Gasteiger partial charge in [-0.2, -0.15) is 0 Å². The van der Waals surface area contributed by atoms with Crippen LogP contribution in [0, 0.1) is 0 Å². The van der Waals surface area contributed by atoms with E-state index in [1.54, 1.807) is 0 Å². The molecule has 0 fully saturated rings. The van der Waals surface area contributed by atoms with E-state index in [4.69, 9.17) is 5.73 Å². The van der Waals surface area contributed by atoms with Crippen LogP contribution in [0.25, 0.3) is 0 Å². The Balaban J connectivity index is 2.90. The molecular formula is C10H12N2O4. The molecule has 0 aromatic carbocycles. The van der Waals surface area contributed by atoms with Gasteiger partial charge in [0.25, 0.3) is 0 Å². The van der Waals surface area contributed by atoms with Crippen LogP contribution in [0.1, 0.15) is 28.4 Å². The lowest BCUT2D eigenvalue weighted by Gasteiger charge is -2.17. The summed E-state index contributed by atoms with van der Waals surface area (Å²) in [5, 5.41) is 19.2. The van der Waals surface area contributed by atoms with Crippen molar-refractivity contribution < 1.29 is 19.8 Å². The molecule has 86 valence electrons. The lowest BCUT2D eigenvalue weighted by molar-refractivity contribution is -0.121. The average molecular weight is 224 g/mol. The molecule has 6 heteroatoms. The number of nitrogens with zero attached hydrogens (tertiary/aromatic N) is 1. The normalized spacial score (nSPS) is 14.1. The van der Waals surface area contributed by atoms with Gasteiger partial charge in [-0.1, -0.05) is 0 Å². The van der Waals surface area contributed by atoms with Crippen molar-refractivity contribution in [1.82, 2.24) is 4.98 Å². The molecular weight excluding hydrogens is 212 g/mol. The van der Waals surface area contributed by atoms with Gasteiger partial charge in [0.15, 0.2) is 6.29 Å². The van der Waals surface area contributed by atoms with Crippen molar-refractivity contribution in [1.29, 1.82) is 0 Å². The van der Waals surface area contributed by atoms with Crippen LogP contribution in [0.5, 0.6) is 0 Å². The van der Waals surface area contributed by atoms with Crippen molar-refractivity contribution >= 4 is 12.2 Å². The minimum Gasteiger partial charge on any atom is -0.390 e. The number of primary amides is 1. The van der Waals surface area contributed by atoms with Gasteiger partial charge in [-0.25, -0.2) is 0 Å². The molecule has 0 radical (unpaired) electrons. The third kappa shape index (κ3) is 2.85. The molecule has 4 N–H and O–H groups in total. The summed E-state index contributed by atoms with van der Waals surface area (Å²) in [5.41, 5.74) is 5.27. The van der Waals surface area contributed by atoms with Crippen molar-refractivity contribution in [2.45, 2.75) is 18.6 Å². The fourth-order valence-corrected chi connectivity index (χ4v) is 1.30. The monoisotopic (exact) mass is 224 g/mol. The average Bonchev–Trinajstić information content (AvgIpc) is 2.27. The molecule has 0 saturated carbocycles. The number of hydrogen-bond donors (Lipinski definition) is 3. The Bertz CT molecular complexity index is 394. The number of aliphatic hydroxyl groups excluding tert-OH is 2. The third-order valence-electron chi connectivity index (χ3n) is 2.11. The molecule has 1 heterocycles. The predicted molar refractivity (Wildman–Crippen MR) is 54.4 cm³/mol. The molecule has 0 aliphatic heterocycles. The first-order chi connectivity index (χ1) is 7.56. The Kier molecular flexibility index (Phi) is 4.10. The predicted octanol–water partition coefficient (Wildman–Crippen LogP) is -0.836. The van der Waals surface area contributed by atoms with Crippen molar-refractivity contribution in [2.24, 2.45) is 5.73 Å². The fraction of sp³-hybridized carbons (Fsp3) is 0.300. The number of pyridine rings is 1. The number of rotatable bonds is 5. The highest BCUT2D eigenvalue weighted by atomic mass is 16.3. The number of carbonyl (C=O) groups is 2. The highest BCUT2D eigenvalue weighted by Gasteiger charge is 2.22. The maximum atomic E-state index is 10.7. The van der Waals surface area contributed by atoms with Crippen LogP contribution in [-0.4, -0.2) is 33.5 Å². The number of aliphatic hydroxyl groups is 2. The molecule has 1 aromatic heterocycles. The zero-order valence-corrected chi connectivity index (χ0v) is 8.41. The Morgan fingerprint density at radius 1 is 1.56 bits per heavy atom. The third-order valence-corrected chi connectivity index (χ3v) is 2.11. The van der Waals surface area contributed by atoms with Gasteiger partial charge >= 0.3 is 0 Å². The van der Waals surface area contributed by atoms with Crippen LogP contribution in [0.4, 0.5) is 0 Å². The minimum absolute atomic E-state index is 0.172. The second-order valence-corrected chi connectivity index (χ2v) is 3.31. The van der Waals surface area contributed by atoms with Gasteiger partial charge in [-0.15, -0.1) is 0 Å². The van der Waals surface area contributed by atoms with E-state index in [1.807, 2.05) is 0 Å². The van der Waals surface area contributed by atoms with Gasteiger partial charge in [0.1, 0.15) is 6.10 Å². The fourth-order valence-electron chi connectivity index (χ4n) is 1.30. The van der Waals surface area contributed by atoms with Crippen molar-refractivity contribution in [3.63, 3.8) is 0 Å². The number of amides is 1. The Morgan fingerprint density at radius 3 is 2.81 bits per heavy atom. The lowest BCUT2D eigenvalue weighted by atomic mass is 10.00. The minimum atomic E-state index is -1.36. The number of aldehydes is 1. The first-order valence-corrected chi connectivity index (χ1v) is 4.59. The van der Waals surface area contributed by atoms with E-state index < -0.39 is 18.1 Å². The van der Waals surface area contributed by atoms with E-state index in [0.717, 1.165) is 0 Å². The van der Waals surface area contributed by atoms with E-state index in [-0.39, 0.29) is 17.5 Å². The first kappa shape index (κ1) is 12.3. The van der Waals surface area contributed by atoms with Crippen molar-refractivity contribution in [3.05, 3.63) is 29.6 Å². The summed E-state index contributed by atoms with van der Waals surface area (Å²) >= 11 is 0. The van der Waals surface area contributed by atoms with E-state index in [9.17, 15) is 19.8 Å². The number of nitrogens with two attached hydrogens (primary N) is 1. The van der Waals surface area contributed by atoms with E-state index >= 15 is 0 Å². The summed E-state index contributed by atoms with van der Waals surface area (Å²) in [6, 6.07) is 1.41. The second kappa shape index (κ2) is 5.34. The van der Waals surface area contributed by atoms with Gasteiger partial charge in [0.2, 0.25) is 5.91 Å². The SMILES string of the molecule is NC(=O)CC(O)C(O)c1cnccc1C=O. The van der Waals surface area contributed by atoms with Gasteiger partial charge < -0.3 is 15.9 Å². The summed E-state index contributed by atoms with van der Waals surface area (Å²) in [6.45, 7) is 0. The highest BCUT2D eigenvalue weighted by Crippen LogP contribution is 2.20. The molecule has 0 saturated heterocycles. The zero-order chi connectivity index (χ0) is 12.1. The summed E-state index contributed by atoms with van der Waals surface area (Å²) < 4.78 is 0. The van der Waals surface area contributed by atoms with E-state index in [0.29, 0.717) is 6.29 Å². The van der Waals surface area contributed by atoms with Gasteiger partial charge in [0, 0.05) is 23.5 Å². The van der Waals surface area contributed by atoms with Gasteiger partial charge in [0.05, 0.1) is 12.5 Å². The first-order valence-electron chi connectivity index (χ1n) is 4.59. The van der Waals surface area contributed by atoms with Crippen molar-refractivity contribution in [3.8, 4) is 0 Å². The highest BCUT2D eigenvalue weighted by molar-refractivity contribution is 5.77. The zero-order valence-electron chi connectivity index (χ0n) is 8.41. The molecule has 1 rings (SSSR count). The number of aromatic nitrogens is 1. The number of hydrogen-bond acceptors (Lipinski definition) is 5. The largest absolute Gasteiger partial charge is 0.390 e. The molecule has 2 unspecified atom stereocenters. The Morgan fingerprint density at radius 2 is 2.25 bits per heavy atom. The molecule has 0 bridgehead atoms. The molecule has 0 aliphatic rings. The number of carbonyl (C=O) groups excluding carboxylic acids is 2.